The van der Waals surface area contributed by atoms with Gasteiger partial charge in [0.2, 0.25) is 5.89 Å². The highest BCUT2D eigenvalue weighted by molar-refractivity contribution is 8.13. The monoisotopic (exact) mass is 330 g/mol. The molecule has 0 aliphatic carbocycles. The van der Waals surface area contributed by atoms with E-state index in [-0.39, 0.29) is 5.37 Å². The van der Waals surface area contributed by atoms with Crippen LogP contribution in [0.5, 0.6) is 0 Å². The van der Waals surface area contributed by atoms with E-state index in [0.717, 1.165) is 31.5 Å². The summed E-state index contributed by atoms with van der Waals surface area (Å²) in [6.45, 7) is 2.10. The van der Waals surface area contributed by atoms with Crippen LogP contribution in [-0.4, -0.2) is 34.2 Å². The largest absolute Gasteiger partial charge is 0.402 e. The maximum Gasteiger partial charge on any atom is 0.340 e. The number of piperidine rings is 1. The molecule has 23 heavy (non-hydrogen) atoms. The molecule has 2 aliphatic heterocycles. The first-order valence-electron chi connectivity index (χ1n) is 7.68. The molecule has 2 aromatic rings. The van der Waals surface area contributed by atoms with Crippen molar-refractivity contribution in [1.82, 2.24) is 15.5 Å². The van der Waals surface area contributed by atoms with Crippen LogP contribution in [0, 0.1) is 5.92 Å². The minimum atomic E-state index is 0.233. The fraction of sp³-hybridized carbons (Fsp3) is 0.400. The van der Waals surface area contributed by atoms with Crippen molar-refractivity contribution in [3.05, 3.63) is 24.3 Å². The average molecular weight is 330 g/mol. The van der Waals surface area contributed by atoms with Gasteiger partial charge in [-0.1, -0.05) is 16.9 Å². The zero-order chi connectivity index (χ0) is 15.6. The molecule has 3 heterocycles. The van der Waals surface area contributed by atoms with Gasteiger partial charge in [-0.25, -0.2) is 5.01 Å². The molecule has 1 atom stereocenters. The van der Waals surface area contributed by atoms with Gasteiger partial charge >= 0.3 is 6.01 Å². The van der Waals surface area contributed by atoms with E-state index < -0.39 is 0 Å². The van der Waals surface area contributed by atoms with Crippen molar-refractivity contribution >= 4 is 29.0 Å². The Morgan fingerprint density at radius 1 is 1.17 bits per heavy atom. The smallest absolute Gasteiger partial charge is 0.340 e. The number of aromatic nitrogens is 2. The number of anilines is 2. The Hall–Kier alpha value is -2.06. The van der Waals surface area contributed by atoms with Crippen LogP contribution in [0.25, 0.3) is 11.5 Å². The number of hydrazone groups is 1. The quantitative estimate of drug-likeness (QED) is 0.833. The molecule has 0 bridgehead atoms. The number of thioether (sulfide) groups is 1. The molecule has 3 N–H and O–H groups in total. The molecule has 1 aromatic carbocycles. The highest BCUT2D eigenvalue weighted by Crippen LogP contribution is 2.36. The highest BCUT2D eigenvalue weighted by Gasteiger charge is 2.35. The standard InChI is InChI=1S/C15H18N6OS/c16-12-3-1-10(2-4-12)13-19-20-15(22-13)21-14(23-9-18-21)11-5-7-17-8-6-11/h1-4,9,11,14,17H,5-8,16H2. The van der Waals surface area contributed by atoms with E-state index in [0.29, 0.717) is 23.5 Å². The van der Waals surface area contributed by atoms with E-state index in [2.05, 4.69) is 20.6 Å². The van der Waals surface area contributed by atoms with E-state index in [1.165, 1.54) is 0 Å². The van der Waals surface area contributed by atoms with Crippen LogP contribution in [0.3, 0.4) is 0 Å². The van der Waals surface area contributed by atoms with E-state index in [1.54, 1.807) is 11.8 Å². The topological polar surface area (TPSA) is 92.6 Å². The van der Waals surface area contributed by atoms with Crippen molar-refractivity contribution in [3.63, 3.8) is 0 Å². The van der Waals surface area contributed by atoms with Crippen LogP contribution >= 0.6 is 11.8 Å². The van der Waals surface area contributed by atoms with Gasteiger partial charge < -0.3 is 15.5 Å². The molecule has 7 nitrogen and oxygen atoms in total. The van der Waals surface area contributed by atoms with Crippen LogP contribution in [-0.2, 0) is 0 Å². The zero-order valence-electron chi connectivity index (χ0n) is 12.6. The van der Waals surface area contributed by atoms with Crippen molar-refractivity contribution in [1.29, 1.82) is 0 Å². The summed E-state index contributed by atoms with van der Waals surface area (Å²) in [5.74, 6) is 1.05. The normalized spacial score (nSPS) is 21.9. The predicted molar refractivity (Wildman–Crippen MR) is 92.1 cm³/mol. The minimum Gasteiger partial charge on any atom is -0.402 e. The molecule has 2 aliphatic rings. The number of nitrogens with one attached hydrogen (secondary N) is 1. The van der Waals surface area contributed by atoms with Gasteiger partial charge in [0.05, 0.1) is 5.55 Å². The number of hydrogen-bond donors (Lipinski definition) is 2. The van der Waals surface area contributed by atoms with E-state index in [1.807, 2.05) is 34.8 Å². The Kier molecular flexibility index (Phi) is 3.92. The molecule has 1 unspecified atom stereocenters. The summed E-state index contributed by atoms with van der Waals surface area (Å²) in [4.78, 5) is 0. The summed E-state index contributed by atoms with van der Waals surface area (Å²) in [5.41, 5.74) is 9.13. The molecular weight excluding hydrogens is 312 g/mol. The summed E-state index contributed by atoms with van der Waals surface area (Å²) < 4.78 is 5.83. The first-order chi connectivity index (χ1) is 11.3. The average Bonchev–Trinajstić information content (AvgIpc) is 3.25. The number of benzene rings is 1. The number of rotatable bonds is 3. The van der Waals surface area contributed by atoms with Crippen molar-refractivity contribution in [2.24, 2.45) is 11.0 Å². The van der Waals surface area contributed by atoms with Crippen LogP contribution in [0.2, 0.25) is 0 Å². The number of hydrogen-bond acceptors (Lipinski definition) is 8. The molecule has 0 saturated carbocycles. The van der Waals surface area contributed by atoms with Gasteiger partial charge in [-0.15, -0.1) is 5.10 Å². The third-order valence-electron chi connectivity index (χ3n) is 4.17. The molecule has 120 valence electrons. The van der Waals surface area contributed by atoms with Crippen molar-refractivity contribution < 1.29 is 4.42 Å². The summed E-state index contributed by atoms with van der Waals surface area (Å²) in [6, 6.07) is 7.83. The van der Waals surface area contributed by atoms with Crippen LogP contribution in [0.1, 0.15) is 12.8 Å². The molecule has 8 heteroatoms. The Balaban J connectivity index is 1.55. The Bertz CT molecular complexity index is 694. The summed E-state index contributed by atoms with van der Waals surface area (Å²) in [5, 5.41) is 18.2. The minimum absolute atomic E-state index is 0.233. The maximum absolute atomic E-state index is 5.83. The van der Waals surface area contributed by atoms with Gasteiger partial charge in [0, 0.05) is 11.3 Å². The SMILES string of the molecule is Nc1ccc(-c2nnc(N3N=CSC3C3CCNCC3)o2)cc1. The zero-order valence-corrected chi connectivity index (χ0v) is 13.4. The molecule has 0 spiro atoms. The van der Waals surface area contributed by atoms with Crippen molar-refractivity contribution in [2.75, 3.05) is 23.8 Å². The lowest BCUT2D eigenvalue weighted by Gasteiger charge is -2.30. The second-order valence-electron chi connectivity index (χ2n) is 5.69. The van der Waals surface area contributed by atoms with E-state index in [4.69, 9.17) is 10.2 Å². The van der Waals surface area contributed by atoms with E-state index in [9.17, 15) is 0 Å². The van der Waals surface area contributed by atoms with Crippen LogP contribution < -0.4 is 16.1 Å². The predicted octanol–water partition coefficient (Wildman–Crippen LogP) is 2.14. The first kappa shape index (κ1) is 14.5. The first-order valence-corrected chi connectivity index (χ1v) is 8.63. The Labute approximate surface area is 138 Å². The molecule has 1 saturated heterocycles. The molecule has 1 aromatic heterocycles. The Morgan fingerprint density at radius 3 is 2.74 bits per heavy atom. The van der Waals surface area contributed by atoms with Gasteiger partial charge in [0.25, 0.3) is 0 Å². The van der Waals surface area contributed by atoms with Gasteiger partial charge in [0.15, 0.2) is 0 Å². The number of nitrogen functional groups attached to an aromatic ring is 1. The summed E-state index contributed by atoms with van der Waals surface area (Å²) in [6.07, 6.45) is 2.27. The lowest BCUT2D eigenvalue weighted by molar-refractivity contribution is 0.353. The highest BCUT2D eigenvalue weighted by atomic mass is 32.2. The number of nitrogens with zero attached hydrogens (tertiary/aromatic N) is 4. The fourth-order valence-corrected chi connectivity index (χ4v) is 3.95. The molecule has 4 rings (SSSR count). The molecule has 1 fully saturated rings. The van der Waals surface area contributed by atoms with Crippen molar-refractivity contribution in [2.45, 2.75) is 18.2 Å². The van der Waals surface area contributed by atoms with Gasteiger partial charge in [-0.05, 0) is 56.1 Å². The molecule has 0 radical (unpaired) electrons. The van der Waals surface area contributed by atoms with Crippen molar-refractivity contribution in [3.8, 4) is 11.5 Å². The second kappa shape index (κ2) is 6.21. The molecule has 0 amide bonds. The van der Waals surface area contributed by atoms with Crippen LogP contribution in [0.4, 0.5) is 11.7 Å². The second-order valence-corrected chi connectivity index (χ2v) is 6.66. The molecular formula is C15H18N6OS. The maximum atomic E-state index is 5.83. The third kappa shape index (κ3) is 2.91. The Morgan fingerprint density at radius 2 is 1.96 bits per heavy atom. The summed E-state index contributed by atoms with van der Waals surface area (Å²) >= 11 is 1.72. The lowest BCUT2D eigenvalue weighted by Crippen LogP contribution is -2.38. The fourth-order valence-electron chi connectivity index (χ4n) is 2.91. The van der Waals surface area contributed by atoms with Gasteiger partial charge in [-0.2, -0.15) is 5.10 Å². The van der Waals surface area contributed by atoms with Gasteiger partial charge in [0.1, 0.15) is 5.37 Å². The summed E-state index contributed by atoms with van der Waals surface area (Å²) in [7, 11) is 0. The van der Waals surface area contributed by atoms with E-state index >= 15 is 0 Å². The van der Waals surface area contributed by atoms with Gasteiger partial charge in [-0.3, -0.25) is 0 Å². The third-order valence-corrected chi connectivity index (χ3v) is 5.25. The van der Waals surface area contributed by atoms with Crippen LogP contribution in [0.15, 0.2) is 33.8 Å². The lowest BCUT2D eigenvalue weighted by atomic mass is 9.98. The number of nitrogens with two attached hydrogens (primary N) is 1.